The minimum atomic E-state index is -1.90. The average molecular weight is 1310 g/mol. The van der Waals surface area contributed by atoms with Crippen LogP contribution in [0.4, 0.5) is 4.39 Å². The van der Waals surface area contributed by atoms with Crippen LogP contribution in [-0.2, 0) is 80.5 Å². The van der Waals surface area contributed by atoms with Crippen LogP contribution in [0.1, 0.15) is 170 Å². The smallest absolute Gasteiger partial charge is 0.330 e. The molecule has 0 bridgehead atoms. The molecule has 21 nitrogen and oxygen atoms in total. The van der Waals surface area contributed by atoms with Gasteiger partial charge in [-0.15, -0.1) is 10.2 Å². The van der Waals surface area contributed by atoms with Crippen LogP contribution in [0.2, 0.25) is 5.02 Å². The Labute approximate surface area is 550 Å². The van der Waals surface area contributed by atoms with E-state index in [0.717, 1.165) is 5.56 Å². The fourth-order valence-electron chi connectivity index (χ4n) is 10.6. The Kier molecular flexibility index (Phi) is 26.6. The molecular weight excluding hydrogens is 1220 g/mol. The third-order valence-electron chi connectivity index (χ3n) is 14.8. The Morgan fingerprint density at radius 1 is 0.634 bits per heavy atom. The Balaban J connectivity index is 1.56. The molecule has 3 amide bonds. The summed E-state index contributed by atoms with van der Waals surface area (Å²) in [5.74, 6) is -8.36. The molecule has 6 N–H and O–H groups in total. The standard InChI is InChI=1S/C70H94ClFN8O13/c1-42-30-32-48(33-31-42)70(47-25-18-17-19-26-47,49-27-21-22-28-50(49)71)93-63(87)53(38-59(85)92-68(13,14)15)74-62(86)46(41-89-65(4,5)6)36-55(82)60(43(2)90-66(7,8)9)76-64(88)69(16,39-45-24-20-23-29-51(45)72)40-56(83)61(44(3)91-67(10,11)12)75-58(84)35-34-54(81)52(73)37-57-77-79-80-78-57/h17-33,43-44,46,52-53,60-61H,34-41,73H2,1-16H3,(H,74,86)(H,75,84)(H,76,88)(H,77,78,79,80)/t43-,44-,46+,52+,53+,60+,61+,69-,70?/m1/s1. The molecule has 23 heteroatoms. The number of hydrogen-bond acceptors (Lipinski definition) is 17. The van der Waals surface area contributed by atoms with Gasteiger partial charge in [-0.1, -0.05) is 120 Å². The van der Waals surface area contributed by atoms with E-state index in [1.807, 2.05) is 19.1 Å². The summed E-state index contributed by atoms with van der Waals surface area (Å²) < 4.78 is 47.2. The van der Waals surface area contributed by atoms with Crippen LogP contribution in [0.3, 0.4) is 0 Å². The maximum absolute atomic E-state index is 15.9. The number of ketones is 3. The third-order valence-corrected chi connectivity index (χ3v) is 15.2. The van der Waals surface area contributed by atoms with Crippen molar-refractivity contribution < 1.29 is 66.4 Å². The summed E-state index contributed by atoms with van der Waals surface area (Å²) in [4.78, 5) is 117. The zero-order valence-electron chi connectivity index (χ0n) is 56.5. The first-order chi connectivity index (χ1) is 43.2. The number of aromatic nitrogens is 4. The lowest BCUT2D eigenvalue weighted by Crippen LogP contribution is -2.57. The molecular formula is C70H94ClFN8O13. The largest absolute Gasteiger partial charge is 0.460 e. The molecule has 9 atom stereocenters. The van der Waals surface area contributed by atoms with Crippen LogP contribution in [0.25, 0.3) is 0 Å². The number of rotatable bonds is 32. The summed E-state index contributed by atoms with van der Waals surface area (Å²) in [6.07, 6.45) is -5.37. The van der Waals surface area contributed by atoms with Crippen molar-refractivity contribution in [2.45, 2.75) is 220 Å². The maximum Gasteiger partial charge on any atom is 0.330 e. The number of aromatic amines is 1. The number of H-pyrrole nitrogens is 1. The summed E-state index contributed by atoms with van der Waals surface area (Å²) in [5, 5.41) is 21.9. The van der Waals surface area contributed by atoms with Gasteiger partial charge in [0.2, 0.25) is 17.7 Å². The van der Waals surface area contributed by atoms with Gasteiger partial charge in [0.1, 0.15) is 29.5 Å². The van der Waals surface area contributed by atoms with Gasteiger partial charge < -0.3 is 45.4 Å². The SMILES string of the molecule is Cc1ccc(C(OC(=O)[C@H](CC(=O)OC(C)(C)C)NC(=O)[C@H](COC(C)(C)C)CC(=O)[C@@H](NC(=O)[C@@](C)(CC(=O)[C@@H](NC(=O)CCC(=O)[C@@H](N)Cc2nn[nH]n2)[C@@H](C)OC(C)(C)C)Cc2ccccc2F)[C@@H](C)OC(C)(C)C)(c2ccccc2)c2ccccc2Cl)cc1. The van der Waals surface area contributed by atoms with Crippen LogP contribution in [0.15, 0.2) is 103 Å². The van der Waals surface area contributed by atoms with E-state index in [2.05, 4.69) is 36.6 Å². The van der Waals surface area contributed by atoms with E-state index in [0.29, 0.717) is 16.7 Å². The number of nitrogens with two attached hydrogens (primary N) is 1. The normalized spacial score (nSPS) is 15.7. The summed E-state index contributed by atoms with van der Waals surface area (Å²) in [6.45, 7) is 26.6. The first-order valence-corrected chi connectivity index (χ1v) is 31.6. The zero-order chi connectivity index (χ0) is 69.4. The number of amides is 3. The van der Waals surface area contributed by atoms with Crippen LogP contribution < -0.4 is 21.7 Å². The van der Waals surface area contributed by atoms with Gasteiger partial charge in [-0.05, 0) is 128 Å². The van der Waals surface area contributed by atoms with Crippen LogP contribution >= 0.6 is 11.6 Å². The molecule has 4 aromatic carbocycles. The molecule has 5 rings (SSSR count). The predicted octanol–water partition coefficient (Wildman–Crippen LogP) is 9.25. The molecule has 506 valence electrons. The Hall–Kier alpha value is -7.63. The van der Waals surface area contributed by atoms with Crippen LogP contribution in [0.5, 0.6) is 0 Å². The van der Waals surface area contributed by atoms with Gasteiger partial charge >= 0.3 is 11.9 Å². The first kappa shape index (κ1) is 76.1. The van der Waals surface area contributed by atoms with Gasteiger partial charge in [0.05, 0.1) is 59.4 Å². The molecule has 0 spiro atoms. The second-order valence-corrected chi connectivity index (χ2v) is 28.3. The minimum absolute atomic E-state index is 0.0409. The molecule has 5 aromatic rings. The van der Waals surface area contributed by atoms with Crippen molar-refractivity contribution in [1.82, 2.24) is 36.6 Å². The molecule has 0 aliphatic carbocycles. The van der Waals surface area contributed by atoms with Crippen LogP contribution in [-0.4, -0.2) is 133 Å². The molecule has 1 aromatic heterocycles. The highest BCUT2D eigenvalue weighted by Gasteiger charge is 2.47. The van der Waals surface area contributed by atoms with Gasteiger partial charge in [-0.2, -0.15) is 5.21 Å². The van der Waals surface area contributed by atoms with Crippen molar-refractivity contribution in [2.24, 2.45) is 17.1 Å². The number of carbonyl (C=O) groups is 8. The summed E-state index contributed by atoms with van der Waals surface area (Å²) >= 11 is 7.03. The quantitative estimate of drug-likeness (QED) is 0.0198. The lowest BCUT2D eigenvalue weighted by Gasteiger charge is -2.37. The zero-order valence-corrected chi connectivity index (χ0v) is 57.3. The second kappa shape index (κ2) is 32.5. The molecule has 1 heterocycles. The monoisotopic (exact) mass is 1310 g/mol. The summed E-state index contributed by atoms with van der Waals surface area (Å²) in [7, 11) is 0. The van der Waals surface area contributed by atoms with E-state index >= 15 is 28.4 Å². The molecule has 0 saturated heterocycles. The summed E-state index contributed by atoms with van der Waals surface area (Å²) in [5.41, 5.74) is 0.962. The molecule has 1 unspecified atom stereocenters. The van der Waals surface area contributed by atoms with Crippen molar-refractivity contribution in [3.8, 4) is 0 Å². The lowest BCUT2D eigenvalue weighted by molar-refractivity contribution is -0.165. The lowest BCUT2D eigenvalue weighted by atomic mass is 9.76. The third kappa shape index (κ3) is 23.4. The molecule has 0 aliphatic rings. The Morgan fingerprint density at radius 3 is 1.76 bits per heavy atom. The van der Waals surface area contributed by atoms with Crippen molar-refractivity contribution in [1.29, 1.82) is 0 Å². The van der Waals surface area contributed by atoms with Gasteiger partial charge in [0, 0.05) is 53.8 Å². The average Bonchev–Trinajstić information content (AvgIpc) is 1.12. The van der Waals surface area contributed by atoms with Gasteiger partial charge in [-0.25, -0.2) is 9.18 Å². The molecule has 0 saturated carbocycles. The number of ether oxygens (including phenoxy) is 5. The van der Waals surface area contributed by atoms with Gasteiger partial charge in [-0.3, -0.25) is 33.6 Å². The van der Waals surface area contributed by atoms with E-state index in [1.165, 1.54) is 25.1 Å². The molecule has 0 fully saturated rings. The highest BCUT2D eigenvalue weighted by Crippen LogP contribution is 2.44. The van der Waals surface area contributed by atoms with Gasteiger partial charge in [0.25, 0.3) is 0 Å². The van der Waals surface area contributed by atoms with E-state index in [-0.39, 0.29) is 35.7 Å². The number of esters is 2. The molecule has 0 radical (unpaired) electrons. The number of benzene rings is 4. The number of carbonyl (C=O) groups excluding carboxylic acids is 8. The fourth-order valence-corrected chi connectivity index (χ4v) is 10.8. The van der Waals surface area contributed by atoms with Crippen LogP contribution in [0, 0.1) is 24.1 Å². The number of nitrogens with one attached hydrogen (secondary N) is 4. The predicted molar refractivity (Wildman–Crippen MR) is 349 cm³/mol. The van der Waals surface area contributed by atoms with E-state index in [9.17, 15) is 14.4 Å². The number of tetrazole rings is 1. The Bertz CT molecular complexity index is 3360. The molecule has 93 heavy (non-hydrogen) atoms. The van der Waals surface area contributed by atoms with Crippen molar-refractivity contribution in [3.63, 3.8) is 0 Å². The number of halogens is 2. The number of Topliss-reactive ketones (excluding diaryl/α,β-unsaturated/α-hetero) is 3. The minimum Gasteiger partial charge on any atom is -0.460 e. The highest BCUT2D eigenvalue weighted by molar-refractivity contribution is 6.31. The highest BCUT2D eigenvalue weighted by atomic mass is 35.5. The van der Waals surface area contributed by atoms with Crippen molar-refractivity contribution in [3.05, 3.63) is 148 Å². The van der Waals surface area contributed by atoms with Gasteiger partial charge in [0.15, 0.2) is 28.8 Å². The maximum atomic E-state index is 15.9. The fraction of sp³-hybridized carbons (Fsp3) is 0.529. The first-order valence-electron chi connectivity index (χ1n) is 31.2. The van der Waals surface area contributed by atoms with Crippen molar-refractivity contribution >= 4 is 58.6 Å². The number of hydrogen-bond donors (Lipinski definition) is 5. The second-order valence-electron chi connectivity index (χ2n) is 27.9. The van der Waals surface area contributed by atoms with E-state index in [1.54, 1.807) is 170 Å². The van der Waals surface area contributed by atoms with E-state index < -0.39 is 161 Å². The van der Waals surface area contributed by atoms with Crippen molar-refractivity contribution in [2.75, 3.05) is 6.61 Å². The Morgan fingerprint density at radius 2 is 1.20 bits per heavy atom. The van der Waals surface area contributed by atoms with E-state index in [4.69, 9.17) is 41.0 Å². The number of aryl methyl sites for hydroxylation is 1. The molecule has 0 aliphatic heterocycles. The number of nitrogens with zero attached hydrogens (tertiary/aromatic N) is 3. The summed E-state index contributed by atoms with van der Waals surface area (Å²) in [6, 6.07) is 22.8. The topological polar surface area (TPSA) is 299 Å².